The second-order valence-electron chi connectivity index (χ2n) is 10.6. The summed E-state index contributed by atoms with van der Waals surface area (Å²) in [5, 5.41) is 4.21. The van der Waals surface area contributed by atoms with Crippen molar-refractivity contribution in [2.75, 3.05) is 25.5 Å². The number of nitrogens with zero attached hydrogens (tertiary/aromatic N) is 3. The van der Waals surface area contributed by atoms with E-state index in [0.717, 1.165) is 53.1 Å². The third-order valence-corrected chi connectivity index (χ3v) is 7.16. The highest BCUT2D eigenvalue weighted by Gasteiger charge is 2.33. The number of halogens is 2. The molecule has 1 unspecified atom stereocenters. The zero-order chi connectivity index (χ0) is 26.2. The SMILES string of the molecule is CN(C)C(=O)C1CCCN1c1cc2nc(Cc3cc(CNC(=O)C(C)(C)C)ccc3Cl)[nH]c2cc1Cl. The highest BCUT2D eigenvalue weighted by molar-refractivity contribution is 6.34. The van der Waals surface area contributed by atoms with Gasteiger partial charge in [-0.3, -0.25) is 9.59 Å². The normalized spacial score (nSPS) is 16.0. The number of fused-ring (bicyclic) bond motifs is 1. The number of benzene rings is 2. The standard InChI is InChI=1S/C27H33Cl2N5O2/c1-27(2,3)26(36)30-15-16-8-9-18(28)17(11-16)12-24-31-20-13-19(29)23(14-21(20)32-24)34-10-6-7-22(34)25(35)33(4)5/h8-9,11,13-14,22H,6-7,10,12,15H2,1-5H3,(H,30,36)(H,31,32). The molecule has 0 saturated carbocycles. The molecule has 7 nitrogen and oxygen atoms in total. The third kappa shape index (κ3) is 5.62. The van der Waals surface area contributed by atoms with E-state index in [1.54, 1.807) is 19.0 Å². The number of amides is 2. The van der Waals surface area contributed by atoms with Crippen molar-refractivity contribution < 1.29 is 9.59 Å². The Morgan fingerprint density at radius 1 is 1.17 bits per heavy atom. The van der Waals surface area contributed by atoms with Crippen LogP contribution in [0.2, 0.25) is 10.0 Å². The molecule has 1 saturated heterocycles. The predicted molar refractivity (Wildman–Crippen MR) is 146 cm³/mol. The minimum Gasteiger partial charge on any atom is -0.358 e. The Bertz CT molecular complexity index is 1300. The molecule has 1 aromatic heterocycles. The summed E-state index contributed by atoms with van der Waals surface area (Å²) in [5.41, 5.74) is 3.89. The summed E-state index contributed by atoms with van der Waals surface area (Å²) >= 11 is 13.2. The number of carbonyl (C=O) groups is 2. The van der Waals surface area contributed by atoms with Crippen molar-refractivity contribution in [3.05, 3.63) is 57.3 Å². The summed E-state index contributed by atoms with van der Waals surface area (Å²) < 4.78 is 0. The summed E-state index contributed by atoms with van der Waals surface area (Å²) in [6.45, 7) is 6.87. The van der Waals surface area contributed by atoms with E-state index < -0.39 is 5.41 Å². The predicted octanol–water partition coefficient (Wildman–Crippen LogP) is 5.18. The molecule has 1 aliphatic heterocycles. The molecule has 9 heteroatoms. The number of aromatic amines is 1. The highest BCUT2D eigenvalue weighted by Crippen LogP contribution is 2.35. The Morgan fingerprint density at radius 2 is 1.92 bits per heavy atom. The van der Waals surface area contributed by atoms with Crippen LogP contribution < -0.4 is 10.2 Å². The van der Waals surface area contributed by atoms with Crippen molar-refractivity contribution >= 4 is 51.7 Å². The fraction of sp³-hybridized carbons (Fsp3) is 0.444. The van der Waals surface area contributed by atoms with E-state index in [0.29, 0.717) is 23.0 Å². The lowest BCUT2D eigenvalue weighted by Crippen LogP contribution is -2.42. The van der Waals surface area contributed by atoms with Gasteiger partial charge >= 0.3 is 0 Å². The lowest BCUT2D eigenvalue weighted by molar-refractivity contribution is -0.130. The zero-order valence-corrected chi connectivity index (χ0v) is 22.9. The van der Waals surface area contributed by atoms with Gasteiger partial charge < -0.3 is 20.1 Å². The number of hydrogen-bond donors (Lipinski definition) is 2. The number of imidazole rings is 1. The highest BCUT2D eigenvalue weighted by atomic mass is 35.5. The molecule has 1 fully saturated rings. The fourth-order valence-corrected chi connectivity index (χ4v) is 4.94. The number of aromatic nitrogens is 2. The van der Waals surface area contributed by atoms with Crippen LogP contribution in [0.25, 0.3) is 11.0 Å². The molecule has 3 aromatic rings. The van der Waals surface area contributed by atoms with Gasteiger partial charge in [-0.1, -0.05) is 56.1 Å². The van der Waals surface area contributed by atoms with Gasteiger partial charge in [0.2, 0.25) is 11.8 Å². The van der Waals surface area contributed by atoms with E-state index in [1.165, 1.54) is 0 Å². The molecule has 1 atom stereocenters. The van der Waals surface area contributed by atoms with Crippen LogP contribution in [0.3, 0.4) is 0 Å². The van der Waals surface area contributed by atoms with Gasteiger partial charge in [-0.25, -0.2) is 4.98 Å². The van der Waals surface area contributed by atoms with E-state index >= 15 is 0 Å². The Balaban J connectivity index is 1.56. The van der Waals surface area contributed by atoms with Crippen LogP contribution in [-0.4, -0.2) is 53.4 Å². The van der Waals surface area contributed by atoms with E-state index in [9.17, 15) is 9.59 Å². The summed E-state index contributed by atoms with van der Waals surface area (Å²) in [4.78, 5) is 36.8. The Labute approximate surface area is 222 Å². The maximum absolute atomic E-state index is 12.7. The largest absolute Gasteiger partial charge is 0.358 e. The van der Waals surface area contributed by atoms with Crippen molar-refractivity contribution in [2.24, 2.45) is 5.41 Å². The van der Waals surface area contributed by atoms with E-state index in [1.807, 2.05) is 51.1 Å². The molecule has 2 N–H and O–H groups in total. The molecule has 0 spiro atoms. The van der Waals surface area contributed by atoms with E-state index in [-0.39, 0.29) is 17.9 Å². The van der Waals surface area contributed by atoms with Crippen LogP contribution >= 0.6 is 23.2 Å². The van der Waals surface area contributed by atoms with Gasteiger partial charge in [-0.15, -0.1) is 0 Å². The van der Waals surface area contributed by atoms with Gasteiger partial charge in [0.1, 0.15) is 11.9 Å². The van der Waals surface area contributed by atoms with Crippen molar-refractivity contribution in [3.63, 3.8) is 0 Å². The molecule has 1 aliphatic rings. The number of nitrogens with one attached hydrogen (secondary N) is 2. The van der Waals surface area contributed by atoms with Crippen LogP contribution in [0.15, 0.2) is 30.3 Å². The van der Waals surface area contributed by atoms with Gasteiger partial charge in [-0.2, -0.15) is 0 Å². The molecule has 2 aromatic carbocycles. The maximum Gasteiger partial charge on any atom is 0.244 e. The lowest BCUT2D eigenvalue weighted by Gasteiger charge is -2.28. The third-order valence-electron chi connectivity index (χ3n) is 6.49. The first-order valence-electron chi connectivity index (χ1n) is 12.2. The smallest absolute Gasteiger partial charge is 0.244 e. The summed E-state index contributed by atoms with van der Waals surface area (Å²) in [6.07, 6.45) is 2.25. The van der Waals surface area contributed by atoms with Crippen molar-refractivity contribution in [2.45, 2.75) is 52.6 Å². The minimum atomic E-state index is -0.446. The average molecular weight is 531 g/mol. The first-order valence-corrected chi connectivity index (χ1v) is 12.9. The fourth-order valence-electron chi connectivity index (χ4n) is 4.49. The summed E-state index contributed by atoms with van der Waals surface area (Å²) in [7, 11) is 3.56. The quantitative estimate of drug-likeness (QED) is 0.460. The van der Waals surface area contributed by atoms with Gasteiger partial charge in [0, 0.05) is 44.0 Å². The molecular formula is C27H33Cl2N5O2. The second-order valence-corrected chi connectivity index (χ2v) is 11.4. The Hall–Kier alpha value is -2.77. The second kappa shape index (κ2) is 10.3. The van der Waals surface area contributed by atoms with Crippen LogP contribution in [0, 0.1) is 5.41 Å². The van der Waals surface area contributed by atoms with Gasteiger partial charge in [0.15, 0.2) is 0 Å². The molecule has 192 valence electrons. The van der Waals surface area contributed by atoms with Gasteiger partial charge in [-0.05, 0) is 42.2 Å². The molecule has 4 rings (SSSR count). The topological polar surface area (TPSA) is 81.3 Å². The van der Waals surface area contributed by atoms with Crippen molar-refractivity contribution in [1.29, 1.82) is 0 Å². The van der Waals surface area contributed by atoms with E-state index in [4.69, 9.17) is 28.2 Å². The Kier molecular flexibility index (Phi) is 7.53. The Morgan fingerprint density at radius 3 is 2.61 bits per heavy atom. The molecule has 2 heterocycles. The number of likely N-dealkylation sites (N-methyl/N-ethyl adjacent to an activating group) is 1. The molecule has 0 bridgehead atoms. The maximum atomic E-state index is 12.7. The molecule has 0 aliphatic carbocycles. The first-order chi connectivity index (χ1) is 16.9. The van der Waals surface area contributed by atoms with E-state index in [2.05, 4.69) is 15.2 Å². The monoisotopic (exact) mass is 529 g/mol. The van der Waals surface area contributed by atoms with Crippen LogP contribution in [0.1, 0.15) is 50.6 Å². The average Bonchev–Trinajstić information content (AvgIpc) is 3.43. The van der Waals surface area contributed by atoms with Crippen molar-refractivity contribution in [3.8, 4) is 0 Å². The molecule has 0 radical (unpaired) electrons. The van der Waals surface area contributed by atoms with Crippen molar-refractivity contribution in [1.82, 2.24) is 20.2 Å². The van der Waals surface area contributed by atoms with Gasteiger partial charge in [0.05, 0.1) is 21.7 Å². The van der Waals surface area contributed by atoms with Gasteiger partial charge in [0.25, 0.3) is 0 Å². The number of anilines is 1. The van der Waals surface area contributed by atoms with Crippen LogP contribution in [-0.2, 0) is 22.6 Å². The zero-order valence-electron chi connectivity index (χ0n) is 21.4. The molecule has 2 amide bonds. The van der Waals surface area contributed by atoms with Crippen LogP contribution in [0.5, 0.6) is 0 Å². The summed E-state index contributed by atoms with van der Waals surface area (Å²) in [6, 6.07) is 9.38. The first kappa shape index (κ1) is 26.3. The lowest BCUT2D eigenvalue weighted by atomic mass is 9.95. The summed E-state index contributed by atoms with van der Waals surface area (Å²) in [5.74, 6) is 0.842. The number of rotatable bonds is 6. The number of carbonyl (C=O) groups excluding carboxylic acids is 2. The molecule has 36 heavy (non-hydrogen) atoms. The number of hydrogen-bond acceptors (Lipinski definition) is 4. The number of H-pyrrole nitrogens is 1. The van der Waals surface area contributed by atoms with Crippen LogP contribution in [0.4, 0.5) is 5.69 Å². The molecular weight excluding hydrogens is 497 g/mol. The minimum absolute atomic E-state index is 0.00325.